The van der Waals surface area contributed by atoms with Gasteiger partial charge in [0.1, 0.15) is 11.2 Å². The van der Waals surface area contributed by atoms with Crippen LogP contribution in [0.25, 0.3) is 0 Å². The predicted molar refractivity (Wildman–Crippen MR) is 77.7 cm³/mol. The molecule has 0 atom stereocenters. The highest BCUT2D eigenvalue weighted by Gasteiger charge is 2.56. The van der Waals surface area contributed by atoms with Gasteiger partial charge in [-0.2, -0.15) is 0 Å². The maximum Gasteiger partial charge on any atom is 0.241 e. The fraction of sp³-hybridized carbons (Fsp3) is 0.643. The lowest BCUT2D eigenvalue weighted by molar-refractivity contribution is -0.134. The van der Waals surface area contributed by atoms with Crippen molar-refractivity contribution in [3.05, 3.63) is 11.8 Å². The van der Waals surface area contributed by atoms with Crippen molar-refractivity contribution in [3.8, 4) is 0 Å². The smallest absolute Gasteiger partial charge is 0.241 e. The summed E-state index contributed by atoms with van der Waals surface area (Å²) >= 11 is 0. The Labute approximate surface area is 124 Å². The number of rotatable bonds is 7. The average Bonchev–Trinajstić information content (AvgIpc) is 3.14. The van der Waals surface area contributed by atoms with Crippen molar-refractivity contribution in [3.63, 3.8) is 0 Å². The number of nitrogens with one attached hydrogen (secondary N) is 2. The molecule has 1 heterocycles. The van der Waals surface area contributed by atoms with Gasteiger partial charge >= 0.3 is 0 Å². The van der Waals surface area contributed by atoms with Crippen molar-refractivity contribution in [2.45, 2.75) is 26.2 Å². The van der Waals surface area contributed by atoms with Gasteiger partial charge in [0.25, 0.3) is 0 Å². The minimum atomic E-state index is -0.926. The van der Waals surface area contributed by atoms with Crippen LogP contribution >= 0.6 is 0 Å². The number of hydrogen-bond donors (Lipinski definition) is 2. The van der Waals surface area contributed by atoms with Gasteiger partial charge in [-0.3, -0.25) is 9.59 Å². The molecular weight excluding hydrogens is 272 g/mol. The molecular formula is C14H22N4O3. The molecule has 21 heavy (non-hydrogen) atoms. The van der Waals surface area contributed by atoms with Gasteiger partial charge in [-0.25, -0.2) is 0 Å². The highest BCUT2D eigenvalue weighted by Crippen LogP contribution is 2.46. The summed E-state index contributed by atoms with van der Waals surface area (Å²) in [5.41, 5.74) is -0.926. The molecule has 1 fully saturated rings. The Balaban J connectivity index is 1.83. The molecule has 0 spiro atoms. The summed E-state index contributed by atoms with van der Waals surface area (Å²) in [6, 6.07) is 1.63. The Kier molecular flexibility index (Phi) is 4.62. The molecule has 0 radical (unpaired) electrons. The molecule has 0 saturated heterocycles. The predicted octanol–water partition coefficient (Wildman–Crippen LogP) is 0.770. The number of carbonyl (C=O) groups excluding carboxylic acids is 2. The van der Waals surface area contributed by atoms with Crippen molar-refractivity contribution < 1.29 is 14.1 Å². The van der Waals surface area contributed by atoms with Crippen LogP contribution < -0.4 is 10.6 Å². The maximum atomic E-state index is 12.2. The van der Waals surface area contributed by atoms with Gasteiger partial charge in [-0.15, -0.1) is 0 Å². The molecule has 1 saturated carbocycles. The van der Waals surface area contributed by atoms with Gasteiger partial charge in [0.15, 0.2) is 5.82 Å². The van der Waals surface area contributed by atoms with Crippen LogP contribution in [0, 0.1) is 12.3 Å². The third-order valence-corrected chi connectivity index (χ3v) is 3.56. The van der Waals surface area contributed by atoms with Crippen molar-refractivity contribution in [2.75, 3.05) is 32.5 Å². The fourth-order valence-electron chi connectivity index (χ4n) is 2.11. The van der Waals surface area contributed by atoms with Crippen LogP contribution in [0.4, 0.5) is 5.82 Å². The summed E-state index contributed by atoms with van der Waals surface area (Å²) in [4.78, 5) is 26.5. The van der Waals surface area contributed by atoms with E-state index in [-0.39, 0.29) is 11.8 Å². The Hall–Kier alpha value is -1.89. The second-order valence-electron chi connectivity index (χ2n) is 5.77. The monoisotopic (exact) mass is 294 g/mol. The second kappa shape index (κ2) is 6.26. The van der Waals surface area contributed by atoms with E-state index in [4.69, 9.17) is 4.52 Å². The molecule has 2 N–H and O–H groups in total. The molecule has 7 heteroatoms. The Morgan fingerprint density at radius 2 is 2.10 bits per heavy atom. The van der Waals surface area contributed by atoms with Crippen LogP contribution in [0.2, 0.25) is 0 Å². The quantitative estimate of drug-likeness (QED) is 0.573. The summed E-state index contributed by atoms with van der Waals surface area (Å²) < 4.78 is 4.89. The van der Waals surface area contributed by atoms with E-state index < -0.39 is 5.41 Å². The van der Waals surface area contributed by atoms with Crippen LogP contribution in [0.3, 0.4) is 0 Å². The first kappa shape index (κ1) is 15.5. The molecule has 0 unspecified atom stereocenters. The first-order chi connectivity index (χ1) is 9.94. The van der Waals surface area contributed by atoms with E-state index >= 15 is 0 Å². The number of hydrogen-bond acceptors (Lipinski definition) is 5. The van der Waals surface area contributed by atoms with E-state index in [0.29, 0.717) is 31.0 Å². The van der Waals surface area contributed by atoms with Gasteiger partial charge in [0.05, 0.1) is 0 Å². The summed E-state index contributed by atoms with van der Waals surface area (Å²) in [5, 5.41) is 9.19. The zero-order valence-corrected chi connectivity index (χ0v) is 12.7. The first-order valence-corrected chi connectivity index (χ1v) is 7.12. The van der Waals surface area contributed by atoms with Gasteiger partial charge in [0.2, 0.25) is 11.8 Å². The Morgan fingerprint density at radius 1 is 1.38 bits per heavy atom. The van der Waals surface area contributed by atoms with Crippen molar-refractivity contribution in [1.29, 1.82) is 0 Å². The van der Waals surface area contributed by atoms with Crippen molar-refractivity contribution >= 4 is 17.6 Å². The molecule has 2 rings (SSSR count). The number of anilines is 1. The van der Waals surface area contributed by atoms with Crippen molar-refractivity contribution in [1.82, 2.24) is 15.4 Å². The van der Waals surface area contributed by atoms with E-state index in [1.165, 1.54) is 0 Å². The molecule has 116 valence electrons. The highest BCUT2D eigenvalue weighted by molar-refractivity contribution is 6.12. The lowest BCUT2D eigenvalue weighted by atomic mass is 10.1. The van der Waals surface area contributed by atoms with Crippen LogP contribution in [-0.2, 0) is 9.59 Å². The number of aromatic nitrogens is 1. The number of nitrogens with zero attached hydrogens (tertiary/aromatic N) is 2. The van der Waals surface area contributed by atoms with Crippen LogP contribution in [0.5, 0.6) is 0 Å². The zero-order valence-electron chi connectivity index (χ0n) is 12.7. The number of aryl methyl sites for hydroxylation is 1. The molecule has 7 nitrogen and oxygen atoms in total. The largest absolute Gasteiger partial charge is 0.360 e. The Morgan fingerprint density at radius 3 is 2.62 bits per heavy atom. The summed E-state index contributed by atoms with van der Waals surface area (Å²) in [7, 11) is 3.97. The summed E-state index contributed by atoms with van der Waals surface area (Å²) in [6.07, 6.45) is 2.02. The fourth-order valence-corrected chi connectivity index (χ4v) is 2.11. The topological polar surface area (TPSA) is 87.5 Å². The summed E-state index contributed by atoms with van der Waals surface area (Å²) in [5.74, 6) is 0.465. The number of amides is 2. The lowest BCUT2D eigenvalue weighted by Crippen LogP contribution is -2.40. The van der Waals surface area contributed by atoms with Gasteiger partial charge in [-0.05, 0) is 46.8 Å². The van der Waals surface area contributed by atoms with Gasteiger partial charge in [-0.1, -0.05) is 5.16 Å². The van der Waals surface area contributed by atoms with Gasteiger partial charge < -0.3 is 20.1 Å². The molecule has 1 aromatic rings. The van der Waals surface area contributed by atoms with E-state index in [0.717, 1.165) is 13.0 Å². The standard InChI is InChI=1S/C14H22N4O3/c1-10-9-11(17-21-10)16-13(20)14(5-6-14)12(19)15-7-4-8-18(2)3/h9H,4-8H2,1-3H3,(H,15,19)(H,16,17,20). The van der Waals surface area contributed by atoms with Crippen LogP contribution in [-0.4, -0.2) is 49.1 Å². The van der Waals surface area contributed by atoms with E-state index in [9.17, 15) is 9.59 Å². The molecule has 0 bridgehead atoms. The van der Waals surface area contributed by atoms with Gasteiger partial charge in [0, 0.05) is 12.6 Å². The van der Waals surface area contributed by atoms with Crippen LogP contribution in [0.1, 0.15) is 25.0 Å². The lowest BCUT2D eigenvalue weighted by Gasteiger charge is -2.15. The first-order valence-electron chi connectivity index (χ1n) is 7.12. The van der Waals surface area contributed by atoms with E-state index in [1.807, 2.05) is 14.1 Å². The molecule has 1 aliphatic carbocycles. The second-order valence-corrected chi connectivity index (χ2v) is 5.77. The SMILES string of the molecule is Cc1cc(NC(=O)C2(C(=O)NCCCN(C)C)CC2)no1. The Bertz CT molecular complexity index is 520. The van der Waals surface area contributed by atoms with E-state index in [1.54, 1.807) is 13.0 Å². The van der Waals surface area contributed by atoms with Crippen LogP contribution in [0.15, 0.2) is 10.6 Å². The molecule has 0 aromatic carbocycles. The third kappa shape index (κ3) is 3.81. The minimum Gasteiger partial charge on any atom is -0.360 e. The average molecular weight is 294 g/mol. The molecule has 2 amide bonds. The van der Waals surface area contributed by atoms with E-state index in [2.05, 4.69) is 20.7 Å². The molecule has 1 aromatic heterocycles. The third-order valence-electron chi connectivity index (χ3n) is 3.56. The maximum absolute atomic E-state index is 12.2. The molecule has 1 aliphatic rings. The minimum absolute atomic E-state index is 0.195. The zero-order chi connectivity index (χ0) is 15.5. The number of carbonyl (C=O) groups is 2. The molecule has 0 aliphatic heterocycles. The normalized spacial score (nSPS) is 15.8. The summed E-state index contributed by atoms with van der Waals surface area (Å²) in [6.45, 7) is 3.22. The van der Waals surface area contributed by atoms with Crippen molar-refractivity contribution in [2.24, 2.45) is 5.41 Å². The highest BCUT2D eigenvalue weighted by atomic mass is 16.5.